The molecule has 4 aromatic rings. The summed E-state index contributed by atoms with van der Waals surface area (Å²) in [6, 6.07) is 16.3. The van der Waals surface area contributed by atoms with Crippen LogP contribution in [-0.4, -0.2) is 23.4 Å². The number of nitrogens with one attached hydrogen (secondary N) is 3. The highest BCUT2D eigenvalue weighted by Crippen LogP contribution is 2.26. The molecular weight excluding hydrogens is 448 g/mol. The van der Waals surface area contributed by atoms with E-state index in [9.17, 15) is 8.42 Å². The maximum Gasteiger partial charge on any atom is 0.262 e. The smallest absolute Gasteiger partial charge is 0.262 e. The lowest BCUT2D eigenvalue weighted by Gasteiger charge is -2.14. The number of rotatable bonds is 7. The van der Waals surface area contributed by atoms with E-state index in [0.29, 0.717) is 28.0 Å². The van der Waals surface area contributed by atoms with Crippen molar-refractivity contribution in [1.82, 2.24) is 15.0 Å². The largest absolute Gasteiger partial charge is 0.340 e. The zero-order valence-electron chi connectivity index (χ0n) is 19.4. The summed E-state index contributed by atoms with van der Waals surface area (Å²) < 4.78 is 28.6. The SMILES string of the molecule is Cc1ccnc(Nc2cc(Nc3ccc(NS(=O)(=O)c4c(C)cc(C)cc4C)cc3)ncn2)c1. The van der Waals surface area contributed by atoms with Gasteiger partial charge in [0.15, 0.2) is 0 Å². The lowest BCUT2D eigenvalue weighted by molar-refractivity contribution is 0.600. The Morgan fingerprint density at radius 1 is 0.647 bits per heavy atom. The van der Waals surface area contributed by atoms with Crippen molar-refractivity contribution in [2.75, 3.05) is 15.4 Å². The minimum absolute atomic E-state index is 0.310. The zero-order valence-corrected chi connectivity index (χ0v) is 20.2. The first-order valence-corrected chi connectivity index (χ1v) is 12.2. The van der Waals surface area contributed by atoms with Crippen molar-refractivity contribution in [2.24, 2.45) is 0 Å². The molecule has 0 amide bonds. The fraction of sp³-hybridized carbons (Fsp3) is 0.160. The van der Waals surface area contributed by atoms with Gasteiger partial charge in [-0.15, -0.1) is 0 Å². The van der Waals surface area contributed by atoms with Crippen LogP contribution in [0.1, 0.15) is 22.3 Å². The predicted molar refractivity (Wildman–Crippen MR) is 135 cm³/mol. The molecule has 4 rings (SSSR count). The fourth-order valence-electron chi connectivity index (χ4n) is 3.80. The molecule has 0 aliphatic carbocycles. The molecule has 0 spiro atoms. The average molecular weight is 475 g/mol. The number of sulfonamides is 1. The molecule has 2 aromatic heterocycles. The molecule has 0 unspecified atom stereocenters. The maximum atomic E-state index is 13.0. The van der Waals surface area contributed by atoms with Gasteiger partial charge in [-0.1, -0.05) is 17.7 Å². The third-order valence-electron chi connectivity index (χ3n) is 5.12. The van der Waals surface area contributed by atoms with Crippen LogP contribution in [-0.2, 0) is 10.0 Å². The second kappa shape index (κ2) is 9.48. The highest BCUT2D eigenvalue weighted by molar-refractivity contribution is 7.92. The number of hydrogen-bond acceptors (Lipinski definition) is 7. The molecule has 0 fully saturated rings. The summed E-state index contributed by atoms with van der Waals surface area (Å²) in [5.41, 5.74) is 4.79. The first kappa shape index (κ1) is 23.2. The van der Waals surface area contributed by atoms with Crippen LogP contribution in [0.3, 0.4) is 0 Å². The van der Waals surface area contributed by atoms with E-state index < -0.39 is 10.0 Å². The molecule has 174 valence electrons. The minimum atomic E-state index is -3.71. The van der Waals surface area contributed by atoms with E-state index in [0.717, 1.165) is 27.9 Å². The van der Waals surface area contributed by atoms with Gasteiger partial charge in [-0.3, -0.25) is 4.72 Å². The van der Waals surface area contributed by atoms with Gasteiger partial charge in [0.1, 0.15) is 23.8 Å². The molecule has 2 aromatic carbocycles. The molecule has 0 aliphatic rings. The van der Waals surface area contributed by atoms with Gasteiger partial charge in [0, 0.05) is 23.6 Å². The maximum absolute atomic E-state index is 13.0. The minimum Gasteiger partial charge on any atom is -0.340 e. The molecular formula is C25H26N6O2S. The number of benzene rings is 2. The van der Waals surface area contributed by atoms with Gasteiger partial charge < -0.3 is 10.6 Å². The standard InChI is InChI=1S/C25H26N6O2S/c1-16-9-10-26-22(13-16)30-24-14-23(27-15-28-24)29-20-5-7-21(8-6-20)31-34(32,33)25-18(3)11-17(2)12-19(25)4/h5-15,31H,1-4H3,(H2,26,27,28,29,30). The first-order valence-electron chi connectivity index (χ1n) is 10.7. The Morgan fingerprint density at radius 3 is 1.88 bits per heavy atom. The third-order valence-corrected chi connectivity index (χ3v) is 6.81. The molecule has 8 nitrogen and oxygen atoms in total. The molecule has 3 N–H and O–H groups in total. The Kier molecular flexibility index (Phi) is 6.47. The van der Waals surface area contributed by atoms with E-state index in [1.807, 2.05) is 38.1 Å². The first-order chi connectivity index (χ1) is 16.2. The lowest BCUT2D eigenvalue weighted by Crippen LogP contribution is -2.16. The van der Waals surface area contributed by atoms with Gasteiger partial charge in [-0.25, -0.2) is 23.4 Å². The Morgan fingerprint density at radius 2 is 1.24 bits per heavy atom. The van der Waals surface area contributed by atoms with Crippen LogP contribution in [0.5, 0.6) is 0 Å². The van der Waals surface area contributed by atoms with Gasteiger partial charge >= 0.3 is 0 Å². The van der Waals surface area contributed by atoms with Crippen molar-refractivity contribution in [3.8, 4) is 0 Å². The number of pyridine rings is 1. The third kappa shape index (κ3) is 5.49. The molecule has 0 bridgehead atoms. The van der Waals surface area contributed by atoms with Crippen molar-refractivity contribution in [2.45, 2.75) is 32.6 Å². The molecule has 2 heterocycles. The van der Waals surface area contributed by atoms with Crippen LogP contribution >= 0.6 is 0 Å². The molecule has 0 saturated heterocycles. The monoisotopic (exact) mass is 474 g/mol. The number of nitrogens with zero attached hydrogens (tertiary/aromatic N) is 3. The van der Waals surface area contributed by atoms with E-state index >= 15 is 0 Å². The number of aromatic nitrogens is 3. The summed E-state index contributed by atoms with van der Waals surface area (Å²) in [6.07, 6.45) is 3.18. The Hall–Kier alpha value is -3.98. The summed E-state index contributed by atoms with van der Waals surface area (Å²) in [6.45, 7) is 7.56. The topological polar surface area (TPSA) is 109 Å². The number of hydrogen-bond donors (Lipinski definition) is 3. The summed E-state index contributed by atoms with van der Waals surface area (Å²) in [5.74, 6) is 1.88. The zero-order chi connectivity index (χ0) is 24.3. The quantitative estimate of drug-likeness (QED) is 0.329. The van der Waals surface area contributed by atoms with Crippen LogP contribution in [0.15, 0.2) is 72.0 Å². The van der Waals surface area contributed by atoms with Crippen LogP contribution in [0.4, 0.5) is 28.8 Å². The van der Waals surface area contributed by atoms with E-state index in [2.05, 4.69) is 30.3 Å². The van der Waals surface area contributed by atoms with E-state index in [1.54, 1.807) is 50.4 Å². The molecule has 0 saturated carbocycles. The second-order valence-electron chi connectivity index (χ2n) is 8.17. The van der Waals surface area contributed by atoms with Crippen LogP contribution in [0, 0.1) is 27.7 Å². The highest BCUT2D eigenvalue weighted by Gasteiger charge is 2.20. The van der Waals surface area contributed by atoms with Gasteiger partial charge in [-0.2, -0.15) is 0 Å². The average Bonchev–Trinajstić information content (AvgIpc) is 2.74. The summed E-state index contributed by atoms with van der Waals surface area (Å²) in [7, 11) is -3.71. The van der Waals surface area contributed by atoms with Crippen molar-refractivity contribution in [1.29, 1.82) is 0 Å². The lowest BCUT2D eigenvalue weighted by atomic mass is 10.1. The van der Waals surface area contributed by atoms with E-state index in [-0.39, 0.29) is 0 Å². The van der Waals surface area contributed by atoms with Crippen molar-refractivity contribution in [3.05, 3.63) is 89.4 Å². The Bertz CT molecular complexity index is 1410. The highest BCUT2D eigenvalue weighted by atomic mass is 32.2. The van der Waals surface area contributed by atoms with E-state index in [4.69, 9.17) is 0 Å². The van der Waals surface area contributed by atoms with Gasteiger partial charge in [0.2, 0.25) is 0 Å². The van der Waals surface area contributed by atoms with Gasteiger partial charge in [0.25, 0.3) is 10.0 Å². The van der Waals surface area contributed by atoms with Gasteiger partial charge in [-0.05, 0) is 80.8 Å². The molecule has 0 radical (unpaired) electrons. The van der Waals surface area contributed by atoms with E-state index in [1.165, 1.54) is 6.33 Å². The van der Waals surface area contributed by atoms with Crippen molar-refractivity contribution >= 4 is 38.9 Å². The van der Waals surface area contributed by atoms with Crippen molar-refractivity contribution < 1.29 is 8.42 Å². The second-order valence-corrected chi connectivity index (χ2v) is 9.79. The van der Waals surface area contributed by atoms with Crippen molar-refractivity contribution in [3.63, 3.8) is 0 Å². The molecule has 9 heteroatoms. The van der Waals surface area contributed by atoms with Crippen LogP contribution in [0.25, 0.3) is 0 Å². The Balaban J connectivity index is 1.46. The Labute approximate surface area is 199 Å². The summed E-state index contributed by atoms with van der Waals surface area (Å²) in [4.78, 5) is 13.1. The fourth-order valence-corrected chi connectivity index (χ4v) is 5.31. The van der Waals surface area contributed by atoms with Crippen LogP contribution < -0.4 is 15.4 Å². The normalized spacial score (nSPS) is 11.2. The molecule has 0 atom stereocenters. The molecule has 34 heavy (non-hydrogen) atoms. The van der Waals surface area contributed by atoms with Gasteiger partial charge in [0.05, 0.1) is 4.90 Å². The predicted octanol–water partition coefficient (Wildman–Crippen LogP) is 5.39. The number of aryl methyl sites for hydroxylation is 4. The summed E-state index contributed by atoms with van der Waals surface area (Å²) >= 11 is 0. The number of anilines is 5. The molecule has 0 aliphatic heterocycles. The summed E-state index contributed by atoms with van der Waals surface area (Å²) in [5, 5.41) is 6.35. The van der Waals surface area contributed by atoms with Crippen LogP contribution in [0.2, 0.25) is 0 Å².